The van der Waals surface area contributed by atoms with Crippen molar-refractivity contribution in [3.05, 3.63) is 48.0 Å². The molecule has 0 fully saturated rings. The van der Waals surface area contributed by atoms with E-state index in [0.29, 0.717) is 11.3 Å². The summed E-state index contributed by atoms with van der Waals surface area (Å²) in [6.45, 7) is 1.77. The maximum Gasteiger partial charge on any atom is 0.251 e. The van der Waals surface area contributed by atoms with Crippen molar-refractivity contribution in [3.63, 3.8) is 0 Å². The van der Waals surface area contributed by atoms with E-state index >= 15 is 0 Å². The highest BCUT2D eigenvalue weighted by atomic mass is 16.1. The molecule has 4 heteroatoms. The smallest absolute Gasteiger partial charge is 0.251 e. The van der Waals surface area contributed by atoms with Crippen LogP contribution in [0.4, 0.5) is 0 Å². The van der Waals surface area contributed by atoms with Crippen molar-refractivity contribution in [3.8, 4) is 11.1 Å². The van der Waals surface area contributed by atoms with Crippen LogP contribution in [0.5, 0.6) is 0 Å². The highest BCUT2D eigenvalue weighted by molar-refractivity contribution is 6.00. The van der Waals surface area contributed by atoms with Gasteiger partial charge in [-0.15, -0.1) is 0 Å². The van der Waals surface area contributed by atoms with Crippen LogP contribution in [-0.2, 0) is 0 Å². The van der Waals surface area contributed by atoms with Crippen molar-refractivity contribution in [2.24, 2.45) is 5.73 Å². The van der Waals surface area contributed by atoms with E-state index in [-0.39, 0.29) is 0 Å². The average Bonchev–Trinajstić information content (AvgIpc) is 2.29. The molecule has 0 aliphatic carbocycles. The van der Waals surface area contributed by atoms with Crippen molar-refractivity contribution < 1.29 is 4.79 Å². The third kappa shape index (κ3) is 1.77. The van der Waals surface area contributed by atoms with Crippen LogP contribution in [0.3, 0.4) is 0 Å². The first-order chi connectivity index (χ1) is 7.70. The Balaban J connectivity index is 2.66. The summed E-state index contributed by atoms with van der Waals surface area (Å²) in [5, 5.41) is 0. The van der Waals surface area contributed by atoms with Crippen molar-refractivity contribution >= 4 is 5.91 Å². The summed E-state index contributed by atoms with van der Waals surface area (Å²) in [5.74, 6) is -0.461. The lowest BCUT2D eigenvalue weighted by Crippen LogP contribution is -2.15. The van der Waals surface area contributed by atoms with Gasteiger partial charge in [-0.25, -0.2) is 0 Å². The van der Waals surface area contributed by atoms with Gasteiger partial charge < -0.3 is 5.73 Å². The number of nitrogens with two attached hydrogens (primary N) is 1. The number of rotatable bonds is 2. The Morgan fingerprint density at radius 2 is 1.88 bits per heavy atom. The predicted octanol–water partition coefficient (Wildman–Crippen LogP) is 1.55. The zero-order chi connectivity index (χ0) is 11.5. The molecule has 0 saturated carbocycles. The molecule has 0 unspecified atom stereocenters. The van der Waals surface area contributed by atoms with E-state index in [4.69, 9.17) is 5.73 Å². The average molecular weight is 213 g/mol. The number of pyridine rings is 2. The molecular formula is C12H11N3O. The van der Waals surface area contributed by atoms with Crippen LogP contribution >= 0.6 is 0 Å². The van der Waals surface area contributed by atoms with Gasteiger partial charge in [-0.3, -0.25) is 14.8 Å². The third-order valence-corrected chi connectivity index (χ3v) is 2.38. The van der Waals surface area contributed by atoms with Crippen LogP contribution in [0.25, 0.3) is 11.1 Å². The largest absolute Gasteiger partial charge is 0.366 e. The van der Waals surface area contributed by atoms with Crippen molar-refractivity contribution in [2.45, 2.75) is 6.92 Å². The van der Waals surface area contributed by atoms with E-state index in [0.717, 1.165) is 11.1 Å². The Labute approximate surface area is 93.2 Å². The van der Waals surface area contributed by atoms with Gasteiger partial charge in [0.1, 0.15) is 0 Å². The minimum Gasteiger partial charge on any atom is -0.366 e. The molecule has 1 amide bonds. The first-order valence-electron chi connectivity index (χ1n) is 4.86. The van der Waals surface area contributed by atoms with E-state index in [1.165, 1.54) is 0 Å². The Morgan fingerprint density at radius 1 is 1.19 bits per heavy atom. The van der Waals surface area contributed by atoms with Crippen LogP contribution in [0.1, 0.15) is 16.1 Å². The second kappa shape index (κ2) is 4.10. The fraction of sp³-hybridized carbons (Fsp3) is 0.0833. The first-order valence-corrected chi connectivity index (χ1v) is 4.86. The number of aromatic nitrogens is 2. The molecule has 2 aromatic heterocycles. The molecule has 0 aromatic carbocycles. The number of hydrogen-bond acceptors (Lipinski definition) is 3. The van der Waals surface area contributed by atoms with E-state index < -0.39 is 5.91 Å². The molecule has 2 heterocycles. The summed E-state index contributed by atoms with van der Waals surface area (Å²) < 4.78 is 0. The van der Waals surface area contributed by atoms with Gasteiger partial charge in [0.05, 0.1) is 11.3 Å². The zero-order valence-electron chi connectivity index (χ0n) is 8.84. The number of nitrogens with zero attached hydrogens (tertiary/aromatic N) is 2. The molecule has 16 heavy (non-hydrogen) atoms. The van der Waals surface area contributed by atoms with Crippen molar-refractivity contribution in [1.82, 2.24) is 9.97 Å². The standard InChI is InChI=1S/C12H11N3O/c1-8-11(12(13)16)10(4-7-15-8)9-2-5-14-6-3-9/h2-7H,1H3,(H2,13,16). The molecule has 0 saturated heterocycles. The molecular weight excluding hydrogens is 202 g/mol. The predicted molar refractivity (Wildman–Crippen MR) is 60.7 cm³/mol. The van der Waals surface area contributed by atoms with Gasteiger partial charge in [0.15, 0.2) is 0 Å². The summed E-state index contributed by atoms with van der Waals surface area (Å²) in [6.07, 6.45) is 5.02. The number of carbonyl (C=O) groups excluding carboxylic acids is 1. The highest BCUT2D eigenvalue weighted by Crippen LogP contribution is 2.23. The maximum atomic E-state index is 11.4. The first kappa shape index (κ1) is 10.3. The van der Waals surface area contributed by atoms with Gasteiger partial charge in [0.2, 0.25) is 0 Å². The molecule has 2 aromatic rings. The monoisotopic (exact) mass is 213 g/mol. The fourth-order valence-electron chi connectivity index (χ4n) is 1.65. The highest BCUT2D eigenvalue weighted by Gasteiger charge is 2.13. The maximum absolute atomic E-state index is 11.4. The Kier molecular flexibility index (Phi) is 2.64. The summed E-state index contributed by atoms with van der Waals surface area (Å²) in [4.78, 5) is 19.4. The molecule has 2 rings (SSSR count). The fourth-order valence-corrected chi connectivity index (χ4v) is 1.65. The second-order valence-electron chi connectivity index (χ2n) is 3.42. The number of hydrogen-bond donors (Lipinski definition) is 1. The molecule has 0 bridgehead atoms. The van der Waals surface area contributed by atoms with Gasteiger partial charge in [0, 0.05) is 18.6 Å². The Hall–Kier alpha value is -2.23. The lowest BCUT2D eigenvalue weighted by Gasteiger charge is -2.08. The summed E-state index contributed by atoms with van der Waals surface area (Å²) >= 11 is 0. The van der Waals surface area contributed by atoms with Crippen LogP contribution < -0.4 is 5.73 Å². The topological polar surface area (TPSA) is 68.9 Å². The SMILES string of the molecule is Cc1nccc(-c2ccncc2)c1C(N)=O. The van der Waals surface area contributed by atoms with Gasteiger partial charge in [-0.05, 0) is 36.2 Å². The molecule has 80 valence electrons. The van der Waals surface area contributed by atoms with E-state index in [9.17, 15) is 4.79 Å². The minimum atomic E-state index is -0.461. The van der Waals surface area contributed by atoms with Gasteiger partial charge >= 0.3 is 0 Å². The lowest BCUT2D eigenvalue weighted by molar-refractivity contribution is 0.1000. The van der Waals surface area contributed by atoms with Gasteiger partial charge in [-0.2, -0.15) is 0 Å². The quantitative estimate of drug-likeness (QED) is 0.822. The minimum absolute atomic E-state index is 0.461. The van der Waals surface area contributed by atoms with Crippen LogP contribution in [0.2, 0.25) is 0 Å². The summed E-state index contributed by atoms with van der Waals surface area (Å²) in [7, 11) is 0. The molecule has 0 aliphatic rings. The van der Waals surface area contributed by atoms with Gasteiger partial charge in [0.25, 0.3) is 5.91 Å². The Morgan fingerprint density at radius 3 is 2.50 bits per heavy atom. The molecule has 0 radical (unpaired) electrons. The number of aryl methyl sites for hydroxylation is 1. The summed E-state index contributed by atoms with van der Waals surface area (Å²) in [6, 6.07) is 5.45. The molecule has 4 nitrogen and oxygen atoms in total. The van der Waals surface area contributed by atoms with Crippen LogP contribution in [0.15, 0.2) is 36.8 Å². The van der Waals surface area contributed by atoms with E-state index in [1.807, 2.05) is 12.1 Å². The molecule has 0 atom stereocenters. The molecule has 0 spiro atoms. The second-order valence-corrected chi connectivity index (χ2v) is 3.42. The van der Waals surface area contributed by atoms with Crippen LogP contribution in [-0.4, -0.2) is 15.9 Å². The molecule has 0 aliphatic heterocycles. The van der Waals surface area contributed by atoms with Crippen LogP contribution in [0, 0.1) is 6.92 Å². The van der Waals surface area contributed by atoms with E-state index in [2.05, 4.69) is 9.97 Å². The van der Waals surface area contributed by atoms with Crippen molar-refractivity contribution in [1.29, 1.82) is 0 Å². The van der Waals surface area contributed by atoms with Crippen molar-refractivity contribution in [2.75, 3.05) is 0 Å². The van der Waals surface area contributed by atoms with E-state index in [1.54, 1.807) is 31.6 Å². The van der Waals surface area contributed by atoms with Gasteiger partial charge in [-0.1, -0.05) is 0 Å². The summed E-state index contributed by atoms with van der Waals surface area (Å²) in [5.41, 5.74) is 8.17. The lowest BCUT2D eigenvalue weighted by atomic mass is 10.00. The number of primary amides is 1. The molecule has 2 N–H and O–H groups in total. The Bertz CT molecular complexity index is 523. The normalized spacial score (nSPS) is 10.1. The zero-order valence-corrected chi connectivity index (χ0v) is 8.84. The number of carbonyl (C=O) groups is 1. The number of amides is 1. The third-order valence-electron chi connectivity index (χ3n) is 2.38.